The van der Waals surface area contributed by atoms with Crippen LogP contribution in [0.2, 0.25) is 0 Å². The van der Waals surface area contributed by atoms with Gasteiger partial charge in [-0.1, -0.05) is 0 Å². The fourth-order valence-corrected chi connectivity index (χ4v) is 4.62. The van der Waals surface area contributed by atoms with Crippen LogP contribution in [0.25, 0.3) is 0 Å². The van der Waals surface area contributed by atoms with Crippen molar-refractivity contribution in [3.05, 3.63) is 0 Å². The predicted molar refractivity (Wildman–Crippen MR) is 36.2 cm³/mol. The van der Waals surface area contributed by atoms with Crippen LogP contribution in [0, 0.1) is 35.5 Å². The highest BCUT2D eigenvalue weighted by Crippen LogP contribution is 2.78. The quantitative estimate of drug-likeness (QED) is 0.524. The summed E-state index contributed by atoms with van der Waals surface area (Å²) in [4.78, 5) is 0. The molecule has 0 aromatic rings. The SMILES string of the molecule is O[C@@H]1C2C3C4C[C@@H](C[C@H]41)[C@H]32. The third-order valence-electron chi connectivity index (χ3n) is 4.76. The van der Waals surface area contributed by atoms with Gasteiger partial charge in [0.2, 0.25) is 0 Å². The van der Waals surface area contributed by atoms with E-state index in [9.17, 15) is 5.11 Å². The minimum atomic E-state index is 0.138. The lowest BCUT2D eigenvalue weighted by Crippen LogP contribution is -2.26. The van der Waals surface area contributed by atoms with Gasteiger partial charge < -0.3 is 5.11 Å². The second-order valence-electron chi connectivity index (χ2n) is 4.78. The highest BCUT2D eigenvalue weighted by Gasteiger charge is 2.76. The first-order valence-corrected chi connectivity index (χ1v) is 4.56. The largest absolute Gasteiger partial charge is 0.393 e. The lowest BCUT2D eigenvalue weighted by molar-refractivity contribution is 0.0643. The van der Waals surface area contributed by atoms with Crippen LogP contribution < -0.4 is 0 Å². The Bertz CT molecular complexity index is 192. The van der Waals surface area contributed by atoms with Gasteiger partial charge in [-0.25, -0.2) is 0 Å². The smallest absolute Gasteiger partial charge is 0.0605 e. The van der Waals surface area contributed by atoms with Crippen molar-refractivity contribution < 1.29 is 5.11 Å². The zero-order valence-electron chi connectivity index (χ0n) is 5.90. The number of hydrogen-bond acceptors (Lipinski definition) is 1. The van der Waals surface area contributed by atoms with Gasteiger partial charge in [-0.15, -0.1) is 0 Å². The molecule has 4 aliphatic rings. The summed E-state index contributed by atoms with van der Waals surface area (Å²) in [6.45, 7) is 0. The van der Waals surface area contributed by atoms with Gasteiger partial charge in [0, 0.05) is 0 Å². The Morgan fingerprint density at radius 1 is 0.900 bits per heavy atom. The normalized spacial score (nSPS) is 80.7. The van der Waals surface area contributed by atoms with Crippen molar-refractivity contribution in [3.63, 3.8) is 0 Å². The molecule has 0 aromatic carbocycles. The van der Waals surface area contributed by atoms with Crippen molar-refractivity contribution in [2.45, 2.75) is 18.9 Å². The molecule has 0 spiro atoms. The van der Waals surface area contributed by atoms with E-state index in [1.54, 1.807) is 0 Å². The topological polar surface area (TPSA) is 20.2 Å². The first kappa shape index (κ1) is 4.76. The van der Waals surface area contributed by atoms with E-state index in [0.29, 0.717) is 0 Å². The molecule has 4 fully saturated rings. The Kier molecular flexibility index (Phi) is 0.513. The van der Waals surface area contributed by atoms with E-state index in [-0.39, 0.29) is 6.10 Å². The summed E-state index contributed by atoms with van der Waals surface area (Å²) in [5.41, 5.74) is 0. The summed E-state index contributed by atoms with van der Waals surface area (Å²) >= 11 is 0. The Labute approximate surface area is 60.4 Å². The van der Waals surface area contributed by atoms with E-state index in [1.165, 1.54) is 12.8 Å². The maximum atomic E-state index is 9.73. The van der Waals surface area contributed by atoms with Gasteiger partial charge in [-0.05, 0) is 48.3 Å². The summed E-state index contributed by atoms with van der Waals surface area (Å²) in [6, 6.07) is 0. The zero-order chi connectivity index (χ0) is 6.46. The number of hydrogen-bond donors (Lipinski definition) is 1. The molecule has 4 rings (SSSR count). The molecule has 0 aromatic heterocycles. The van der Waals surface area contributed by atoms with Crippen molar-refractivity contribution in [1.82, 2.24) is 0 Å². The molecule has 54 valence electrons. The molecule has 1 N–H and O–H groups in total. The van der Waals surface area contributed by atoms with Crippen molar-refractivity contribution in [2.75, 3.05) is 0 Å². The molecule has 1 heteroatoms. The molecule has 7 atom stereocenters. The average Bonchev–Trinajstić information content (AvgIpc) is 2.35. The first-order chi connectivity index (χ1) is 4.88. The van der Waals surface area contributed by atoms with Crippen LogP contribution in [-0.4, -0.2) is 11.2 Å². The Morgan fingerprint density at radius 3 is 2.20 bits per heavy atom. The second kappa shape index (κ2) is 1.08. The summed E-state index contributed by atoms with van der Waals surface area (Å²) in [7, 11) is 0. The highest BCUT2D eigenvalue weighted by molar-refractivity contribution is 5.24. The molecule has 4 aliphatic carbocycles. The minimum Gasteiger partial charge on any atom is -0.393 e. The number of aliphatic hydroxyl groups is 1. The monoisotopic (exact) mass is 136 g/mol. The summed E-state index contributed by atoms with van der Waals surface area (Å²) < 4.78 is 0. The van der Waals surface area contributed by atoms with E-state index in [1.807, 2.05) is 0 Å². The Balaban J connectivity index is 1.94. The number of aliphatic hydroxyl groups excluding tert-OH is 1. The summed E-state index contributed by atoms with van der Waals surface area (Å²) in [5, 5.41) is 9.73. The second-order valence-corrected chi connectivity index (χ2v) is 4.78. The van der Waals surface area contributed by atoms with Gasteiger partial charge >= 0.3 is 0 Å². The van der Waals surface area contributed by atoms with Gasteiger partial charge in [-0.3, -0.25) is 0 Å². The molecular formula is C9H12O. The molecule has 1 nitrogen and oxygen atoms in total. The van der Waals surface area contributed by atoms with Crippen molar-refractivity contribution in [3.8, 4) is 0 Å². The fraction of sp³-hybridized carbons (Fsp3) is 1.00. The predicted octanol–water partition coefficient (Wildman–Crippen LogP) is 0.879. The summed E-state index contributed by atoms with van der Waals surface area (Å²) in [6.07, 6.45) is 3.00. The van der Waals surface area contributed by atoms with Gasteiger partial charge in [0.15, 0.2) is 0 Å². The molecule has 4 saturated carbocycles. The van der Waals surface area contributed by atoms with Gasteiger partial charge in [0.05, 0.1) is 6.10 Å². The zero-order valence-corrected chi connectivity index (χ0v) is 5.90. The van der Waals surface area contributed by atoms with E-state index in [0.717, 1.165) is 35.5 Å². The maximum Gasteiger partial charge on any atom is 0.0605 e. The van der Waals surface area contributed by atoms with Crippen molar-refractivity contribution in [1.29, 1.82) is 0 Å². The van der Waals surface area contributed by atoms with Crippen LogP contribution in [-0.2, 0) is 0 Å². The van der Waals surface area contributed by atoms with Crippen LogP contribution in [0.5, 0.6) is 0 Å². The van der Waals surface area contributed by atoms with Crippen LogP contribution in [0.3, 0.4) is 0 Å². The van der Waals surface area contributed by atoms with Crippen LogP contribution in [0.4, 0.5) is 0 Å². The van der Waals surface area contributed by atoms with Crippen LogP contribution in [0.1, 0.15) is 12.8 Å². The van der Waals surface area contributed by atoms with Crippen LogP contribution >= 0.6 is 0 Å². The maximum absolute atomic E-state index is 9.73. The number of fused-ring (bicyclic) bond motifs is 3. The third kappa shape index (κ3) is 0.268. The van der Waals surface area contributed by atoms with E-state index in [4.69, 9.17) is 0 Å². The molecule has 0 aliphatic heterocycles. The van der Waals surface area contributed by atoms with Gasteiger partial charge in [0.25, 0.3) is 0 Å². The molecule has 2 bridgehead atoms. The van der Waals surface area contributed by atoms with E-state index < -0.39 is 0 Å². The molecule has 3 unspecified atom stereocenters. The lowest BCUT2D eigenvalue weighted by Gasteiger charge is -2.25. The fourth-order valence-electron chi connectivity index (χ4n) is 4.62. The molecule has 0 saturated heterocycles. The molecular weight excluding hydrogens is 124 g/mol. The standard InChI is InChI=1S/C9H12O/c10-9-5-2-3-1-4(5)7-6(3)8(7)9/h3-10H,1-2H2/t3-,4?,5+,6+,7?,8?,9-/m0/s1. The van der Waals surface area contributed by atoms with Gasteiger partial charge in [-0.2, -0.15) is 0 Å². The first-order valence-electron chi connectivity index (χ1n) is 4.56. The molecule has 0 heterocycles. The molecule has 0 amide bonds. The van der Waals surface area contributed by atoms with Crippen LogP contribution in [0.15, 0.2) is 0 Å². The Morgan fingerprint density at radius 2 is 1.70 bits per heavy atom. The molecule has 10 heavy (non-hydrogen) atoms. The lowest BCUT2D eigenvalue weighted by atomic mass is 9.84. The van der Waals surface area contributed by atoms with Gasteiger partial charge in [0.1, 0.15) is 0 Å². The average molecular weight is 136 g/mol. The number of rotatable bonds is 0. The van der Waals surface area contributed by atoms with E-state index in [2.05, 4.69) is 0 Å². The van der Waals surface area contributed by atoms with E-state index >= 15 is 0 Å². The van der Waals surface area contributed by atoms with Crippen molar-refractivity contribution >= 4 is 0 Å². The molecule has 0 radical (unpaired) electrons. The Hall–Kier alpha value is -0.0400. The third-order valence-corrected chi connectivity index (χ3v) is 4.76. The highest BCUT2D eigenvalue weighted by atomic mass is 16.3. The minimum absolute atomic E-state index is 0.138. The summed E-state index contributed by atoms with van der Waals surface area (Å²) in [5.74, 6) is 5.61. The van der Waals surface area contributed by atoms with Crippen molar-refractivity contribution in [2.24, 2.45) is 35.5 Å².